The van der Waals surface area contributed by atoms with Crippen molar-refractivity contribution in [3.05, 3.63) is 47.5 Å². The number of piperidine rings is 1. The van der Waals surface area contributed by atoms with Crippen molar-refractivity contribution in [2.75, 3.05) is 18.4 Å². The SMILES string of the molecule is CCc1nc(CN2CCC(CCC(=O)Nc3ccccc3)CC2)c(C)[nH]1. The Morgan fingerprint density at radius 2 is 2.00 bits per heavy atom. The molecule has 0 unspecified atom stereocenters. The molecule has 1 fully saturated rings. The molecule has 5 nitrogen and oxygen atoms in total. The van der Waals surface area contributed by atoms with Gasteiger partial charge in [-0.25, -0.2) is 4.98 Å². The molecule has 0 atom stereocenters. The van der Waals surface area contributed by atoms with Gasteiger partial charge in [0, 0.05) is 30.8 Å². The second-order valence-corrected chi connectivity index (χ2v) is 7.28. The topological polar surface area (TPSA) is 61.0 Å². The smallest absolute Gasteiger partial charge is 0.224 e. The number of aryl methyl sites for hydroxylation is 2. The quantitative estimate of drug-likeness (QED) is 0.792. The van der Waals surface area contributed by atoms with Gasteiger partial charge < -0.3 is 10.3 Å². The molecule has 1 saturated heterocycles. The van der Waals surface area contributed by atoms with Crippen LogP contribution in [-0.2, 0) is 17.8 Å². The van der Waals surface area contributed by atoms with E-state index in [9.17, 15) is 4.79 Å². The van der Waals surface area contributed by atoms with E-state index in [-0.39, 0.29) is 5.91 Å². The van der Waals surface area contributed by atoms with Gasteiger partial charge in [0.2, 0.25) is 5.91 Å². The summed E-state index contributed by atoms with van der Waals surface area (Å²) in [4.78, 5) is 22.6. The van der Waals surface area contributed by atoms with E-state index in [1.807, 2.05) is 30.3 Å². The van der Waals surface area contributed by atoms with E-state index in [1.54, 1.807) is 0 Å². The van der Waals surface area contributed by atoms with Gasteiger partial charge in [-0.15, -0.1) is 0 Å². The Hall–Kier alpha value is -2.14. The maximum atomic E-state index is 12.1. The summed E-state index contributed by atoms with van der Waals surface area (Å²) in [6, 6.07) is 9.69. The lowest BCUT2D eigenvalue weighted by Crippen LogP contribution is -2.33. The predicted octanol–water partition coefficient (Wildman–Crippen LogP) is 3.91. The largest absolute Gasteiger partial charge is 0.346 e. The van der Waals surface area contributed by atoms with E-state index in [0.29, 0.717) is 12.3 Å². The lowest BCUT2D eigenvalue weighted by molar-refractivity contribution is -0.116. The first-order valence-corrected chi connectivity index (χ1v) is 9.75. The fraction of sp³-hybridized carbons (Fsp3) is 0.524. The summed E-state index contributed by atoms with van der Waals surface area (Å²) in [5, 5.41) is 2.98. The Bertz CT molecular complexity index is 702. The third-order valence-corrected chi connectivity index (χ3v) is 5.29. The van der Waals surface area contributed by atoms with Gasteiger partial charge in [-0.3, -0.25) is 9.69 Å². The zero-order valence-electron chi connectivity index (χ0n) is 15.9. The average Bonchev–Trinajstić information content (AvgIpc) is 3.02. The highest BCUT2D eigenvalue weighted by atomic mass is 16.1. The molecule has 140 valence electrons. The molecule has 1 amide bonds. The van der Waals surface area contributed by atoms with Gasteiger partial charge in [0.1, 0.15) is 5.82 Å². The van der Waals surface area contributed by atoms with Crippen molar-refractivity contribution < 1.29 is 4.79 Å². The highest BCUT2D eigenvalue weighted by Crippen LogP contribution is 2.23. The standard InChI is InChI=1S/C21H30N4O/c1-3-20-22-16(2)19(24-20)15-25-13-11-17(12-14-25)9-10-21(26)23-18-7-5-4-6-8-18/h4-8,17H,3,9-15H2,1-2H3,(H,22,24)(H,23,26). The Morgan fingerprint density at radius 1 is 1.27 bits per heavy atom. The number of hydrogen-bond acceptors (Lipinski definition) is 3. The van der Waals surface area contributed by atoms with Crippen LogP contribution in [0.1, 0.15) is 49.8 Å². The third-order valence-electron chi connectivity index (χ3n) is 5.29. The molecule has 2 N–H and O–H groups in total. The predicted molar refractivity (Wildman–Crippen MR) is 105 cm³/mol. The van der Waals surface area contributed by atoms with Crippen molar-refractivity contribution in [1.82, 2.24) is 14.9 Å². The molecule has 5 heteroatoms. The average molecular weight is 354 g/mol. The number of nitrogens with zero attached hydrogens (tertiary/aromatic N) is 2. The number of hydrogen-bond donors (Lipinski definition) is 2. The third kappa shape index (κ3) is 5.18. The number of aromatic nitrogens is 2. The fourth-order valence-electron chi connectivity index (χ4n) is 3.61. The van der Waals surface area contributed by atoms with Crippen molar-refractivity contribution in [2.24, 2.45) is 5.92 Å². The van der Waals surface area contributed by atoms with Crippen LogP contribution in [0.15, 0.2) is 30.3 Å². The minimum atomic E-state index is 0.123. The van der Waals surface area contributed by atoms with Gasteiger partial charge in [-0.05, 0) is 57.3 Å². The summed E-state index contributed by atoms with van der Waals surface area (Å²) in [5.74, 6) is 1.86. The molecule has 0 radical (unpaired) electrons. The first-order valence-electron chi connectivity index (χ1n) is 9.75. The molecule has 1 aliphatic heterocycles. The molecule has 3 rings (SSSR count). The molecule has 2 heterocycles. The number of benzene rings is 1. The molecule has 1 aliphatic rings. The van der Waals surface area contributed by atoms with Crippen LogP contribution in [0.5, 0.6) is 0 Å². The molecule has 0 aliphatic carbocycles. The van der Waals surface area contributed by atoms with Crippen LogP contribution in [0.25, 0.3) is 0 Å². The van der Waals surface area contributed by atoms with Crippen LogP contribution in [0.3, 0.4) is 0 Å². The van der Waals surface area contributed by atoms with E-state index in [0.717, 1.165) is 44.0 Å². The number of aromatic amines is 1. The molecule has 1 aromatic carbocycles. The van der Waals surface area contributed by atoms with Crippen molar-refractivity contribution in [2.45, 2.75) is 52.5 Å². The van der Waals surface area contributed by atoms with Gasteiger partial charge in [-0.1, -0.05) is 25.1 Å². The van der Waals surface area contributed by atoms with E-state index < -0.39 is 0 Å². The summed E-state index contributed by atoms with van der Waals surface area (Å²) in [6.07, 6.45) is 4.88. The zero-order valence-corrected chi connectivity index (χ0v) is 15.9. The summed E-state index contributed by atoms with van der Waals surface area (Å²) in [6.45, 7) is 7.36. The van der Waals surface area contributed by atoms with Gasteiger partial charge in [0.05, 0.1) is 5.69 Å². The number of likely N-dealkylation sites (tertiary alicyclic amines) is 1. The van der Waals surface area contributed by atoms with Crippen molar-refractivity contribution >= 4 is 11.6 Å². The number of amides is 1. The number of carbonyl (C=O) groups is 1. The summed E-state index contributed by atoms with van der Waals surface area (Å²) in [5.41, 5.74) is 3.26. The Labute approximate surface area is 156 Å². The monoisotopic (exact) mass is 354 g/mol. The van der Waals surface area contributed by atoms with E-state index >= 15 is 0 Å². The van der Waals surface area contributed by atoms with Crippen LogP contribution >= 0.6 is 0 Å². The number of rotatable bonds is 7. The molecule has 0 saturated carbocycles. The molecule has 0 spiro atoms. The van der Waals surface area contributed by atoms with Gasteiger partial charge in [-0.2, -0.15) is 0 Å². The minimum absolute atomic E-state index is 0.123. The summed E-state index contributed by atoms with van der Waals surface area (Å²) < 4.78 is 0. The number of anilines is 1. The second kappa shape index (κ2) is 8.99. The fourth-order valence-corrected chi connectivity index (χ4v) is 3.61. The number of H-pyrrole nitrogens is 1. The van der Waals surface area contributed by atoms with Gasteiger partial charge >= 0.3 is 0 Å². The Balaban J connectivity index is 1.38. The minimum Gasteiger partial charge on any atom is -0.346 e. The van der Waals surface area contributed by atoms with Gasteiger partial charge in [0.25, 0.3) is 0 Å². The molecular formula is C21H30N4O. The maximum absolute atomic E-state index is 12.1. The van der Waals surface area contributed by atoms with Crippen LogP contribution in [0.4, 0.5) is 5.69 Å². The molecule has 2 aromatic rings. The molecule has 0 bridgehead atoms. The Morgan fingerprint density at radius 3 is 2.65 bits per heavy atom. The summed E-state index contributed by atoms with van der Waals surface area (Å²) in [7, 11) is 0. The maximum Gasteiger partial charge on any atom is 0.224 e. The number of nitrogens with one attached hydrogen (secondary N) is 2. The Kier molecular flexibility index (Phi) is 6.45. The van der Waals surface area contributed by atoms with Crippen molar-refractivity contribution in [3.8, 4) is 0 Å². The molecule has 1 aromatic heterocycles. The zero-order chi connectivity index (χ0) is 18.4. The number of carbonyl (C=O) groups excluding carboxylic acids is 1. The highest BCUT2D eigenvalue weighted by Gasteiger charge is 2.21. The molecular weight excluding hydrogens is 324 g/mol. The van der Waals surface area contributed by atoms with Crippen LogP contribution in [-0.4, -0.2) is 33.9 Å². The number of para-hydroxylation sites is 1. The molecule has 26 heavy (non-hydrogen) atoms. The van der Waals surface area contributed by atoms with Crippen LogP contribution < -0.4 is 5.32 Å². The van der Waals surface area contributed by atoms with Crippen LogP contribution in [0.2, 0.25) is 0 Å². The highest BCUT2D eigenvalue weighted by molar-refractivity contribution is 5.90. The van der Waals surface area contributed by atoms with Gasteiger partial charge in [0.15, 0.2) is 0 Å². The van der Waals surface area contributed by atoms with E-state index in [2.05, 4.69) is 29.0 Å². The van der Waals surface area contributed by atoms with E-state index in [1.165, 1.54) is 24.2 Å². The normalized spacial score (nSPS) is 15.9. The number of imidazole rings is 1. The van der Waals surface area contributed by atoms with Crippen molar-refractivity contribution in [1.29, 1.82) is 0 Å². The van der Waals surface area contributed by atoms with Crippen LogP contribution in [0, 0.1) is 12.8 Å². The lowest BCUT2D eigenvalue weighted by Gasteiger charge is -2.31. The summed E-state index contributed by atoms with van der Waals surface area (Å²) >= 11 is 0. The first-order chi connectivity index (χ1) is 12.6. The van der Waals surface area contributed by atoms with Crippen molar-refractivity contribution in [3.63, 3.8) is 0 Å². The lowest BCUT2D eigenvalue weighted by atomic mass is 9.92. The van der Waals surface area contributed by atoms with E-state index in [4.69, 9.17) is 4.98 Å². The second-order valence-electron chi connectivity index (χ2n) is 7.28. The first kappa shape index (κ1) is 18.6.